The van der Waals surface area contributed by atoms with E-state index in [1.54, 1.807) is 11.0 Å². The number of carbonyl (C=O) groups is 2. The van der Waals surface area contributed by atoms with Gasteiger partial charge in [0.15, 0.2) is 0 Å². The molecular weight excluding hydrogens is 406 g/mol. The van der Waals surface area contributed by atoms with Crippen molar-refractivity contribution in [2.45, 2.75) is 66.0 Å². The summed E-state index contributed by atoms with van der Waals surface area (Å²) in [5.41, 5.74) is 3.24. The number of amides is 1. The molecule has 1 fully saturated rings. The Balaban J connectivity index is 1.89. The Morgan fingerprint density at radius 3 is 2.28 bits per heavy atom. The zero-order valence-corrected chi connectivity index (χ0v) is 19.1. The Bertz CT molecular complexity index is 1180. The Morgan fingerprint density at radius 1 is 1.06 bits per heavy atom. The molecule has 2 aromatic carbocycles. The molecule has 4 rings (SSSR count). The van der Waals surface area contributed by atoms with Crippen molar-refractivity contribution in [1.29, 1.82) is 0 Å². The number of nitrogens with zero attached hydrogens (tertiary/aromatic N) is 1. The van der Waals surface area contributed by atoms with Gasteiger partial charge in [0.25, 0.3) is 0 Å². The van der Waals surface area contributed by atoms with Crippen LogP contribution in [0.15, 0.2) is 28.7 Å². The lowest BCUT2D eigenvalue weighted by Crippen LogP contribution is -2.42. The molecule has 6 nitrogen and oxygen atoms in total. The summed E-state index contributed by atoms with van der Waals surface area (Å²) in [6.45, 7) is 7.85. The molecule has 170 valence electrons. The maximum atomic E-state index is 13.6. The fourth-order valence-corrected chi connectivity index (χ4v) is 4.90. The van der Waals surface area contributed by atoms with Crippen molar-refractivity contribution < 1.29 is 24.2 Å². The van der Waals surface area contributed by atoms with Gasteiger partial charge in [0.2, 0.25) is 5.91 Å². The molecule has 32 heavy (non-hydrogen) atoms. The van der Waals surface area contributed by atoms with Gasteiger partial charge in [-0.3, -0.25) is 4.79 Å². The van der Waals surface area contributed by atoms with Crippen LogP contribution >= 0.6 is 0 Å². The van der Waals surface area contributed by atoms with Gasteiger partial charge in [-0.2, -0.15) is 0 Å². The van der Waals surface area contributed by atoms with Crippen molar-refractivity contribution in [2.75, 3.05) is 4.90 Å². The molecule has 1 saturated carbocycles. The van der Waals surface area contributed by atoms with E-state index in [4.69, 9.17) is 4.42 Å². The smallest absolute Gasteiger partial charge is 0.337 e. The SMILES string of the molecule is Cc1cc2oc3cc(C(=O)O)c(N(C(=O)C4CCC(C)CC4)C(C)C)cc3c2cc1CO. The standard InChI is InChI=1S/C26H31NO5/c1-14(2)27(25(29)17-7-5-15(3)6-8-17)22-11-20-19-10-18(13-28)16(4)9-23(19)32-24(20)12-21(22)26(30)31/h9-12,14-15,17,28H,5-8,13H2,1-4H3,(H,30,31). The van der Waals surface area contributed by atoms with Gasteiger partial charge in [-0.05, 0) is 87.8 Å². The van der Waals surface area contributed by atoms with Gasteiger partial charge in [-0.25, -0.2) is 4.79 Å². The van der Waals surface area contributed by atoms with E-state index in [2.05, 4.69) is 6.92 Å². The van der Waals surface area contributed by atoms with Crippen LogP contribution in [-0.4, -0.2) is 28.1 Å². The van der Waals surface area contributed by atoms with Gasteiger partial charge >= 0.3 is 5.97 Å². The third-order valence-electron chi connectivity index (χ3n) is 6.83. The normalized spacial score (nSPS) is 19.1. The summed E-state index contributed by atoms with van der Waals surface area (Å²) >= 11 is 0. The minimum atomic E-state index is -1.09. The number of fused-ring (bicyclic) bond motifs is 3. The van der Waals surface area contributed by atoms with E-state index in [0.717, 1.165) is 47.6 Å². The molecule has 6 heteroatoms. The van der Waals surface area contributed by atoms with Crippen LogP contribution in [0, 0.1) is 18.8 Å². The van der Waals surface area contributed by atoms with Crippen molar-refractivity contribution in [3.63, 3.8) is 0 Å². The maximum Gasteiger partial charge on any atom is 0.337 e. The van der Waals surface area contributed by atoms with Crippen LogP contribution in [0.25, 0.3) is 21.9 Å². The number of benzene rings is 2. The third-order valence-corrected chi connectivity index (χ3v) is 6.83. The summed E-state index contributed by atoms with van der Waals surface area (Å²) in [7, 11) is 0. The van der Waals surface area contributed by atoms with E-state index < -0.39 is 5.97 Å². The van der Waals surface area contributed by atoms with E-state index in [9.17, 15) is 19.8 Å². The molecule has 1 aromatic heterocycles. The minimum Gasteiger partial charge on any atom is -0.478 e. The largest absolute Gasteiger partial charge is 0.478 e. The van der Waals surface area contributed by atoms with Crippen molar-refractivity contribution in [1.82, 2.24) is 0 Å². The van der Waals surface area contributed by atoms with Crippen molar-refractivity contribution in [3.8, 4) is 0 Å². The molecule has 1 amide bonds. The summed E-state index contributed by atoms with van der Waals surface area (Å²) < 4.78 is 5.96. The third kappa shape index (κ3) is 3.88. The first-order chi connectivity index (χ1) is 15.2. The summed E-state index contributed by atoms with van der Waals surface area (Å²) in [6.07, 6.45) is 3.70. The Kier molecular flexibility index (Phi) is 5.99. The van der Waals surface area contributed by atoms with Crippen molar-refractivity contribution in [2.24, 2.45) is 11.8 Å². The van der Waals surface area contributed by atoms with Crippen molar-refractivity contribution in [3.05, 3.63) is 41.0 Å². The molecule has 1 heterocycles. The Labute approximate surface area is 187 Å². The molecule has 1 aliphatic carbocycles. The van der Waals surface area contributed by atoms with E-state index in [1.807, 2.05) is 32.9 Å². The van der Waals surface area contributed by atoms with Gasteiger partial charge in [0.05, 0.1) is 17.9 Å². The van der Waals surface area contributed by atoms with Crippen LogP contribution < -0.4 is 4.90 Å². The second-order valence-electron chi connectivity index (χ2n) is 9.46. The van der Waals surface area contributed by atoms with Crippen LogP contribution in [0.2, 0.25) is 0 Å². The average molecular weight is 438 g/mol. The number of carbonyl (C=O) groups excluding carboxylic acids is 1. The van der Waals surface area contributed by atoms with Gasteiger partial charge in [-0.15, -0.1) is 0 Å². The fourth-order valence-electron chi connectivity index (χ4n) is 4.90. The number of anilines is 1. The Hall–Kier alpha value is -2.86. The highest BCUT2D eigenvalue weighted by Gasteiger charge is 2.33. The number of aromatic carboxylic acids is 1. The highest BCUT2D eigenvalue weighted by Crippen LogP contribution is 2.38. The molecule has 1 aliphatic rings. The number of carboxylic acid groups (broad SMARTS) is 1. The molecule has 0 saturated heterocycles. The van der Waals surface area contributed by atoms with E-state index in [0.29, 0.717) is 22.8 Å². The van der Waals surface area contributed by atoms with Crippen LogP contribution in [0.5, 0.6) is 0 Å². The second-order valence-corrected chi connectivity index (χ2v) is 9.46. The lowest BCUT2D eigenvalue weighted by Gasteiger charge is -2.34. The summed E-state index contributed by atoms with van der Waals surface area (Å²) in [4.78, 5) is 27.4. The van der Waals surface area contributed by atoms with E-state index in [1.165, 1.54) is 6.07 Å². The molecule has 0 unspecified atom stereocenters. The van der Waals surface area contributed by atoms with Crippen LogP contribution in [0.3, 0.4) is 0 Å². The van der Waals surface area contributed by atoms with Crippen molar-refractivity contribution >= 4 is 39.5 Å². The molecule has 0 atom stereocenters. The van der Waals surface area contributed by atoms with Gasteiger partial charge in [-0.1, -0.05) is 6.92 Å². The number of aliphatic hydroxyl groups excluding tert-OH is 1. The summed E-state index contributed by atoms with van der Waals surface area (Å²) in [5, 5.41) is 21.2. The quantitative estimate of drug-likeness (QED) is 0.538. The van der Waals surface area contributed by atoms with E-state index in [-0.39, 0.29) is 30.0 Å². The number of hydrogen-bond donors (Lipinski definition) is 2. The first-order valence-corrected chi connectivity index (χ1v) is 11.4. The number of hydrogen-bond acceptors (Lipinski definition) is 4. The highest BCUT2D eigenvalue weighted by molar-refractivity contribution is 6.12. The van der Waals surface area contributed by atoms with Gasteiger partial charge in [0, 0.05) is 22.7 Å². The molecule has 0 spiro atoms. The first kappa shape index (κ1) is 22.3. The van der Waals surface area contributed by atoms with Crippen LogP contribution in [-0.2, 0) is 11.4 Å². The minimum absolute atomic E-state index is 0.00607. The molecule has 0 radical (unpaired) electrons. The molecule has 0 aliphatic heterocycles. The first-order valence-electron chi connectivity index (χ1n) is 11.4. The Morgan fingerprint density at radius 2 is 1.69 bits per heavy atom. The molecular formula is C26H31NO5. The van der Waals surface area contributed by atoms with Crippen LogP contribution in [0.4, 0.5) is 5.69 Å². The maximum absolute atomic E-state index is 13.6. The van der Waals surface area contributed by atoms with Gasteiger partial charge in [0.1, 0.15) is 11.2 Å². The van der Waals surface area contributed by atoms with E-state index >= 15 is 0 Å². The number of aryl methyl sites for hydroxylation is 1. The molecule has 0 bridgehead atoms. The lowest BCUT2D eigenvalue weighted by atomic mass is 9.82. The van der Waals surface area contributed by atoms with Crippen LogP contribution in [0.1, 0.15) is 67.9 Å². The topological polar surface area (TPSA) is 91.0 Å². The predicted octanol–water partition coefficient (Wildman–Crippen LogP) is 5.65. The number of furan rings is 1. The van der Waals surface area contributed by atoms with Gasteiger partial charge < -0.3 is 19.5 Å². The second kappa shape index (κ2) is 8.58. The number of aliphatic hydroxyl groups is 1. The zero-order chi connectivity index (χ0) is 23.2. The summed E-state index contributed by atoms with van der Waals surface area (Å²) in [6, 6.07) is 6.84. The lowest BCUT2D eigenvalue weighted by molar-refractivity contribution is -0.123. The molecule has 2 N–H and O–H groups in total. The number of carboxylic acids is 1. The monoisotopic (exact) mass is 437 g/mol. The molecule has 3 aromatic rings. The predicted molar refractivity (Wildman–Crippen MR) is 125 cm³/mol. The number of rotatable bonds is 5. The summed E-state index contributed by atoms with van der Waals surface area (Å²) in [5.74, 6) is -0.562. The highest BCUT2D eigenvalue weighted by atomic mass is 16.4. The zero-order valence-electron chi connectivity index (χ0n) is 19.1. The fraction of sp³-hybridized carbons (Fsp3) is 0.462. The average Bonchev–Trinajstić information content (AvgIpc) is 3.08.